The van der Waals surface area contributed by atoms with Gasteiger partial charge >= 0.3 is 5.97 Å². The molecule has 1 heterocycles. The van der Waals surface area contributed by atoms with Crippen molar-refractivity contribution in [2.45, 2.75) is 0 Å². The van der Waals surface area contributed by atoms with Gasteiger partial charge < -0.3 is 18.9 Å². The highest BCUT2D eigenvalue weighted by Crippen LogP contribution is 2.33. The van der Waals surface area contributed by atoms with Gasteiger partial charge in [-0.1, -0.05) is 35.9 Å². The molecule has 0 fully saturated rings. The number of halogens is 1. The van der Waals surface area contributed by atoms with Crippen LogP contribution in [0.15, 0.2) is 66.9 Å². The molecule has 0 unspecified atom stereocenters. The van der Waals surface area contributed by atoms with E-state index in [1.807, 2.05) is 0 Å². The van der Waals surface area contributed by atoms with E-state index in [0.29, 0.717) is 28.7 Å². The molecule has 29 heavy (non-hydrogen) atoms. The molecule has 1 aromatic heterocycles. The Morgan fingerprint density at radius 1 is 0.931 bits per heavy atom. The van der Waals surface area contributed by atoms with Crippen molar-refractivity contribution < 1.29 is 23.7 Å². The monoisotopic (exact) mass is 412 g/mol. The maximum Gasteiger partial charge on any atom is 0.341 e. The van der Waals surface area contributed by atoms with Crippen LogP contribution in [0.1, 0.15) is 5.56 Å². The second-order valence-electron chi connectivity index (χ2n) is 5.63. The Balaban J connectivity index is 1.86. The number of aromatic nitrogens is 2. The van der Waals surface area contributed by atoms with Gasteiger partial charge in [0.2, 0.25) is 5.88 Å². The Morgan fingerprint density at radius 2 is 1.69 bits per heavy atom. The fourth-order valence-electron chi connectivity index (χ4n) is 2.43. The molecule has 0 saturated heterocycles. The minimum atomic E-state index is -0.540. The molecule has 0 aliphatic heterocycles. The number of benzene rings is 2. The normalized spacial score (nSPS) is 10.9. The van der Waals surface area contributed by atoms with Crippen LogP contribution < -0.4 is 9.47 Å². The molecule has 0 aliphatic rings. The van der Waals surface area contributed by atoms with E-state index >= 15 is 0 Å². The van der Waals surface area contributed by atoms with E-state index in [-0.39, 0.29) is 10.7 Å². The summed E-state index contributed by atoms with van der Waals surface area (Å²) in [6, 6.07) is 17.2. The van der Waals surface area contributed by atoms with E-state index in [4.69, 9.17) is 30.5 Å². The molecule has 3 rings (SSSR count). The van der Waals surface area contributed by atoms with Crippen LogP contribution in [-0.4, -0.2) is 30.4 Å². The standard InChI is InChI=1S/C21H17ClN2O5/c1-26-13-17(21(25)27-2)16-8-3-4-9-18(16)28-14-6-5-7-15(12-14)29-20-11-10-19(22)23-24-20/h3-13H,1-2H3/b17-13+. The Bertz CT molecular complexity index is 1020. The molecule has 3 aromatic rings. The van der Waals surface area contributed by atoms with Gasteiger partial charge in [0.15, 0.2) is 5.15 Å². The second-order valence-corrected chi connectivity index (χ2v) is 6.02. The van der Waals surface area contributed by atoms with E-state index in [9.17, 15) is 4.79 Å². The van der Waals surface area contributed by atoms with Gasteiger partial charge in [-0.05, 0) is 24.3 Å². The molecule has 0 bridgehead atoms. The number of methoxy groups -OCH3 is 2. The first-order valence-corrected chi connectivity index (χ1v) is 8.84. The van der Waals surface area contributed by atoms with Crippen LogP contribution in [0, 0.1) is 0 Å². The zero-order chi connectivity index (χ0) is 20.6. The smallest absolute Gasteiger partial charge is 0.341 e. The number of hydrogen-bond donors (Lipinski definition) is 0. The van der Waals surface area contributed by atoms with Gasteiger partial charge in [-0.2, -0.15) is 0 Å². The number of carbonyl (C=O) groups excluding carboxylic acids is 1. The molecule has 0 amide bonds. The van der Waals surface area contributed by atoms with Gasteiger partial charge in [0.05, 0.1) is 20.5 Å². The highest BCUT2D eigenvalue weighted by molar-refractivity contribution is 6.29. The number of esters is 1. The molecular formula is C21H17ClN2O5. The Hall–Kier alpha value is -3.58. The first-order chi connectivity index (χ1) is 14.1. The van der Waals surface area contributed by atoms with Crippen molar-refractivity contribution in [1.82, 2.24) is 10.2 Å². The van der Waals surface area contributed by atoms with Crippen LogP contribution in [-0.2, 0) is 14.3 Å². The maximum absolute atomic E-state index is 12.1. The van der Waals surface area contributed by atoms with Gasteiger partial charge in [-0.3, -0.25) is 0 Å². The molecule has 7 nitrogen and oxygen atoms in total. The average Bonchev–Trinajstić information content (AvgIpc) is 2.74. The van der Waals surface area contributed by atoms with Crippen LogP contribution >= 0.6 is 11.6 Å². The summed E-state index contributed by atoms with van der Waals surface area (Å²) in [6.07, 6.45) is 1.31. The zero-order valence-corrected chi connectivity index (χ0v) is 16.4. The number of nitrogens with zero attached hydrogens (tertiary/aromatic N) is 2. The Labute approximate surface area is 172 Å². The molecule has 0 radical (unpaired) electrons. The van der Waals surface area contributed by atoms with Crippen molar-refractivity contribution >= 4 is 23.1 Å². The van der Waals surface area contributed by atoms with E-state index in [1.54, 1.807) is 60.7 Å². The van der Waals surface area contributed by atoms with Crippen molar-refractivity contribution in [1.29, 1.82) is 0 Å². The summed E-state index contributed by atoms with van der Waals surface area (Å²) in [5.41, 5.74) is 0.755. The van der Waals surface area contributed by atoms with Crippen LogP contribution in [0.2, 0.25) is 5.15 Å². The molecular weight excluding hydrogens is 396 g/mol. The van der Waals surface area contributed by atoms with Gasteiger partial charge in [0, 0.05) is 17.7 Å². The summed E-state index contributed by atoms with van der Waals surface area (Å²) in [6.45, 7) is 0. The number of rotatable bonds is 7. The fourth-order valence-corrected chi connectivity index (χ4v) is 2.54. The minimum Gasteiger partial charge on any atom is -0.503 e. The molecule has 0 aliphatic carbocycles. The topological polar surface area (TPSA) is 79.8 Å². The summed E-state index contributed by atoms with van der Waals surface area (Å²) >= 11 is 5.73. The average molecular weight is 413 g/mol. The summed E-state index contributed by atoms with van der Waals surface area (Å²) in [4.78, 5) is 12.1. The quantitative estimate of drug-likeness (QED) is 0.311. The SMILES string of the molecule is CO/C=C(/C(=O)OC)c1ccccc1Oc1cccc(Oc2ccc(Cl)nn2)c1. The summed E-state index contributed by atoms with van der Waals surface area (Å²) in [5.74, 6) is 1.20. The van der Waals surface area contributed by atoms with Crippen LogP contribution in [0.4, 0.5) is 0 Å². The number of carbonyl (C=O) groups is 1. The maximum atomic E-state index is 12.1. The molecule has 8 heteroatoms. The summed E-state index contributed by atoms with van der Waals surface area (Å²) in [7, 11) is 2.75. The second kappa shape index (κ2) is 9.57. The zero-order valence-electron chi connectivity index (χ0n) is 15.7. The Morgan fingerprint density at radius 3 is 2.38 bits per heavy atom. The van der Waals surface area contributed by atoms with Gasteiger partial charge in [0.25, 0.3) is 0 Å². The van der Waals surface area contributed by atoms with Crippen LogP contribution in [0.3, 0.4) is 0 Å². The van der Waals surface area contributed by atoms with E-state index in [0.717, 1.165) is 0 Å². The summed E-state index contributed by atoms with van der Waals surface area (Å²) < 4.78 is 21.5. The molecule has 0 atom stereocenters. The van der Waals surface area contributed by atoms with Crippen LogP contribution in [0.5, 0.6) is 23.1 Å². The minimum absolute atomic E-state index is 0.231. The van der Waals surface area contributed by atoms with E-state index < -0.39 is 5.97 Å². The lowest BCUT2D eigenvalue weighted by molar-refractivity contribution is -0.133. The lowest BCUT2D eigenvalue weighted by Gasteiger charge is -2.13. The Kier molecular flexibility index (Phi) is 6.65. The predicted molar refractivity (Wildman–Crippen MR) is 107 cm³/mol. The lowest BCUT2D eigenvalue weighted by Crippen LogP contribution is -2.05. The highest BCUT2D eigenvalue weighted by Gasteiger charge is 2.18. The van der Waals surface area contributed by atoms with Crippen molar-refractivity contribution in [3.05, 3.63) is 77.6 Å². The summed E-state index contributed by atoms with van der Waals surface area (Å²) in [5, 5.41) is 7.87. The third kappa shape index (κ3) is 5.24. The molecule has 0 N–H and O–H groups in total. The van der Waals surface area contributed by atoms with Crippen LogP contribution in [0.25, 0.3) is 5.57 Å². The van der Waals surface area contributed by atoms with E-state index in [2.05, 4.69) is 10.2 Å². The predicted octanol–water partition coefficient (Wildman–Crippen LogP) is 4.87. The van der Waals surface area contributed by atoms with Gasteiger partial charge in [0.1, 0.15) is 22.8 Å². The van der Waals surface area contributed by atoms with Gasteiger partial charge in [-0.15, -0.1) is 10.2 Å². The number of ether oxygens (including phenoxy) is 4. The van der Waals surface area contributed by atoms with Crippen molar-refractivity contribution in [3.8, 4) is 23.1 Å². The first kappa shape index (κ1) is 20.2. The van der Waals surface area contributed by atoms with Crippen molar-refractivity contribution in [2.75, 3.05) is 14.2 Å². The number of para-hydroxylation sites is 1. The lowest BCUT2D eigenvalue weighted by atomic mass is 10.1. The van der Waals surface area contributed by atoms with Crippen molar-refractivity contribution in [3.63, 3.8) is 0 Å². The van der Waals surface area contributed by atoms with Crippen molar-refractivity contribution in [2.24, 2.45) is 0 Å². The molecule has 0 saturated carbocycles. The fraction of sp³-hybridized carbons (Fsp3) is 0.0952. The molecule has 148 valence electrons. The molecule has 0 spiro atoms. The molecule has 2 aromatic carbocycles. The third-order valence-corrected chi connectivity index (χ3v) is 3.88. The largest absolute Gasteiger partial charge is 0.503 e. The van der Waals surface area contributed by atoms with Gasteiger partial charge in [-0.25, -0.2) is 4.79 Å². The third-order valence-electron chi connectivity index (χ3n) is 3.68. The highest BCUT2D eigenvalue weighted by atomic mass is 35.5. The van der Waals surface area contributed by atoms with E-state index in [1.165, 1.54) is 20.5 Å². The number of hydrogen-bond acceptors (Lipinski definition) is 7. The first-order valence-electron chi connectivity index (χ1n) is 8.46.